The number of nitrogens with one attached hydrogen (secondary N) is 1. The normalized spacial score (nSPS) is 10.9. The van der Waals surface area contributed by atoms with Gasteiger partial charge < -0.3 is 5.32 Å². The number of aromatic nitrogens is 2. The van der Waals surface area contributed by atoms with Crippen molar-refractivity contribution in [2.75, 3.05) is 5.32 Å². The molecule has 0 aliphatic heterocycles. The van der Waals surface area contributed by atoms with Crippen molar-refractivity contribution in [3.05, 3.63) is 73.1 Å². The monoisotopic (exact) mass is 271 g/mol. The maximum Gasteiger partial charge on any atom is 0.141 e. The quantitative estimate of drug-likeness (QED) is 0.582. The van der Waals surface area contributed by atoms with Crippen LogP contribution in [0.4, 0.5) is 11.5 Å². The van der Waals surface area contributed by atoms with Crippen LogP contribution in [0, 0.1) is 0 Å². The standard InChI is InChI=1S/C18H13N3/c1-2-8-14-13(6-1)7-5-11-17(14)21-18-15-9-3-4-10-16(15)19-12-20-18/h1-12H,(H,19,20,21). The minimum atomic E-state index is 0.831. The predicted molar refractivity (Wildman–Crippen MR) is 86.8 cm³/mol. The van der Waals surface area contributed by atoms with Crippen LogP contribution in [0.25, 0.3) is 21.7 Å². The van der Waals surface area contributed by atoms with E-state index < -0.39 is 0 Å². The average Bonchev–Trinajstić information content (AvgIpc) is 2.56. The molecule has 0 atom stereocenters. The van der Waals surface area contributed by atoms with Crippen LogP contribution in [-0.4, -0.2) is 9.97 Å². The van der Waals surface area contributed by atoms with E-state index in [-0.39, 0.29) is 0 Å². The lowest BCUT2D eigenvalue weighted by atomic mass is 10.1. The first-order valence-electron chi connectivity index (χ1n) is 6.86. The van der Waals surface area contributed by atoms with Crippen molar-refractivity contribution in [3.63, 3.8) is 0 Å². The van der Waals surface area contributed by atoms with Gasteiger partial charge in [0.1, 0.15) is 12.1 Å². The summed E-state index contributed by atoms with van der Waals surface area (Å²) in [4.78, 5) is 8.68. The smallest absolute Gasteiger partial charge is 0.141 e. The van der Waals surface area contributed by atoms with Gasteiger partial charge in [-0.15, -0.1) is 0 Å². The van der Waals surface area contributed by atoms with Gasteiger partial charge in [-0.3, -0.25) is 0 Å². The van der Waals surface area contributed by atoms with Crippen LogP contribution in [0.1, 0.15) is 0 Å². The van der Waals surface area contributed by atoms with Gasteiger partial charge in [0.15, 0.2) is 0 Å². The van der Waals surface area contributed by atoms with Gasteiger partial charge in [-0.1, -0.05) is 48.5 Å². The zero-order valence-corrected chi connectivity index (χ0v) is 11.3. The van der Waals surface area contributed by atoms with E-state index in [1.165, 1.54) is 10.8 Å². The maximum atomic E-state index is 4.39. The summed E-state index contributed by atoms with van der Waals surface area (Å²) < 4.78 is 0. The summed E-state index contributed by atoms with van der Waals surface area (Å²) in [6.07, 6.45) is 1.59. The van der Waals surface area contributed by atoms with Crippen molar-refractivity contribution in [2.45, 2.75) is 0 Å². The van der Waals surface area contributed by atoms with Crippen molar-refractivity contribution in [3.8, 4) is 0 Å². The molecule has 1 aromatic heterocycles. The zero-order valence-electron chi connectivity index (χ0n) is 11.3. The summed E-state index contributed by atoms with van der Waals surface area (Å²) in [6, 6.07) is 22.5. The molecule has 3 heteroatoms. The maximum absolute atomic E-state index is 4.39. The molecule has 0 spiro atoms. The highest BCUT2D eigenvalue weighted by molar-refractivity contribution is 5.98. The molecule has 0 aliphatic rings. The molecule has 4 aromatic rings. The second-order valence-corrected chi connectivity index (χ2v) is 4.89. The molecule has 21 heavy (non-hydrogen) atoms. The van der Waals surface area contributed by atoms with E-state index in [2.05, 4.69) is 39.6 Å². The van der Waals surface area contributed by atoms with Crippen molar-refractivity contribution in [2.24, 2.45) is 0 Å². The Hall–Kier alpha value is -2.94. The number of hydrogen-bond donors (Lipinski definition) is 1. The molecule has 1 heterocycles. The number of fused-ring (bicyclic) bond motifs is 2. The fourth-order valence-corrected chi connectivity index (χ4v) is 2.57. The molecule has 0 aliphatic carbocycles. The van der Waals surface area contributed by atoms with Gasteiger partial charge in [-0.05, 0) is 23.6 Å². The van der Waals surface area contributed by atoms with Crippen molar-refractivity contribution < 1.29 is 0 Å². The Morgan fingerprint density at radius 2 is 1.43 bits per heavy atom. The molecule has 0 bridgehead atoms. The molecule has 0 fully saturated rings. The van der Waals surface area contributed by atoms with Crippen LogP contribution in [-0.2, 0) is 0 Å². The molecular weight excluding hydrogens is 258 g/mol. The number of benzene rings is 3. The first kappa shape index (κ1) is 11.9. The molecule has 4 rings (SSSR count). The van der Waals surface area contributed by atoms with Crippen LogP contribution in [0.15, 0.2) is 73.1 Å². The van der Waals surface area contributed by atoms with Gasteiger partial charge in [0.25, 0.3) is 0 Å². The summed E-state index contributed by atoms with van der Waals surface area (Å²) in [5.74, 6) is 0.831. The van der Waals surface area contributed by atoms with Gasteiger partial charge in [-0.2, -0.15) is 0 Å². The highest BCUT2D eigenvalue weighted by Gasteiger charge is 2.05. The fraction of sp³-hybridized carbons (Fsp3) is 0. The Labute approximate surface area is 122 Å². The molecule has 0 amide bonds. The van der Waals surface area contributed by atoms with Crippen LogP contribution in [0.5, 0.6) is 0 Å². The van der Waals surface area contributed by atoms with E-state index in [0.717, 1.165) is 22.4 Å². The lowest BCUT2D eigenvalue weighted by molar-refractivity contribution is 1.22. The Morgan fingerprint density at radius 1 is 0.667 bits per heavy atom. The third-order valence-corrected chi connectivity index (χ3v) is 3.59. The van der Waals surface area contributed by atoms with Gasteiger partial charge in [0, 0.05) is 16.5 Å². The topological polar surface area (TPSA) is 37.8 Å². The van der Waals surface area contributed by atoms with Crippen LogP contribution >= 0.6 is 0 Å². The van der Waals surface area contributed by atoms with E-state index in [1.54, 1.807) is 6.33 Å². The largest absolute Gasteiger partial charge is 0.339 e. The van der Waals surface area contributed by atoms with Crippen molar-refractivity contribution in [1.29, 1.82) is 0 Å². The third-order valence-electron chi connectivity index (χ3n) is 3.59. The average molecular weight is 271 g/mol. The molecule has 3 aromatic carbocycles. The lowest BCUT2D eigenvalue weighted by Gasteiger charge is -2.10. The van der Waals surface area contributed by atoms with Gasteiger partial charge in [0.05, 0.1) is 5.52 Å². The summed E-state index contributed by atoms with van der Waals surface area (Å²) in [6.45, 7) is 0. The Morgan fingerprint density at radius 3 is 2.38 bits per heavy atom. The third kappa shape index (κ3) is 2.09. The molecule has 0 radical (unpaired) electrons. The van der Waals surface area contributed by atoms with Crippen molar-refractivity contribution in [1.82, 2.24) is 9.97 Å². The lowest BCUT2D eigenvalue weighted by Crippen LogP contribution is -1.96. The predicted octanol–water partition coefficient (Wildman–Crippen LogP) is 4.53. The minimum absolute atomic E-state index is 0.831. The molecule has 100 valence electrons. The summed E-state index contributed by atoms with van der Waals surface area (Å²) >= 11 is 0. The Kier molecular flexibility index (Phi) is 2.75. The zero-order chi connectivity index (χ0) is 14.1. The van der Waals surface area contributed by atoms with Crippen LogP contribution in [0.2, 0.25) is 0 Å². The fourth-order valence-electron chi connectivity index (χ4n) is 2.57. The molecule has 0 saturated heterocycles. The van der Waals surface area contributed by atoms with Gasteiger partial charge in [0.2, 0.25) is 0 Å². The number of para-hydroxylation sites is 1. The summed E-state index contributed by atoms with van der Waals surface area (Å²) in [5.41, 5.74) is 1.99. The Balaban J connectivity index is 1.87. The number of rotatable bonds is 2. The van der Waals surface area contributed by atoms with Crippen molar-refractivity contribution >= 4 is 33.2 Å². The highest BCUT2D eigenvalue weighted by Crippen LogP contribution is 2.28. The van der Waals surface area contributed by atoms with Crippen LogP contribution in [0.3, 0.4) is 0 Å². The molecule has 0 saturated carbocycles. The first-order valence-corrected chi connectivity index (χ1v) is 6.86. The molecule has 0 unspecified atom stereocenters. The molecule has 3 nitrogen and oxygen atoms in total. The SMILES string of the molecule is c1ccc2c(Nc3ncnc4ccccc34)cccc2c1. The number of anilines is 2. The van der Waals surface area contributed by atoms with Crippen LogP contribution < -0.4 is 5.32 Å². The first-order chi connectivity index (χ1) is 10.4. The van der Waals surface area contributed by atoms with Gasteiger partial charge in [-0.25, -0.2) is 9.97 Å². The number of hydrogen-bond acceptors (Lipinski definition) is 3. The summed E-state index contributed by atoms with van der Waals surface area (Å²) in [5, 5.41) is 6.85. The van der Waals surface area contributed by atoms with E-state index in [9.17, 15) is 0 Å². The van der Waals surface area contributed by atoms with E-state index in [1.807, 2.05) is 42.5 Å². The highest BCUT2D eigenvalue weighted by atomic mass is 15.0. The minimum Gasteiger partial charge on any atom is -0.339 e. The van der Waals surface area contributed by atoms with Gasteiger partial charge >= 0.3 is 0 Å². The number of nitrogens with zero attached hydrogens (tertiary/aromatic N) is 2. The van der Waals surface area contributed by atoms with E-state index >= 15 is 0 Å². The van der Waals surface area contributed by atoms with E-state index in [4.69, 9.17) is 0 Å². The molecule has 1 N–H and O–H groups in total. The molecular formula is C18H13N3. The Bertz CT molecular complexity index is 844. The summed E-state index contributed by atoms with van der Waals surface area (Å²) in [7, 11) is 0. The van der Waals surface area contributed by atoms with E-state index in [0.29, 0.717) is 0 Å². The second-order valence-electron chi connectivity index (χ2n) is 4.89. The second kappa shape index (κ2) is 4.87.